The topological polar surface area (TPSA) is 87.7 Å². The number of hydrogen-bond donors (Lipinski definition) is 2. The molecular formula is C28H36ClN3O4. The predicted molar refractivity (Wildman–Crippen MR) is 142 cm³/mol. The number of para-hydroxylation sites is 1. The van der Waals surface area contributed by atoms with Gasteiger partial charge in [0, 0.05) is 6.04 Å². The molecule has 2 unspecified atom stereocenters. The number of carbonyl (C=O) groups is 3. The largest absolute Gasteiger partial charge is 0.444 e. The second kappa shape index (κ2) is 11.3. The number of anilines is 1. The summed E-state index contributed by atoms with van der Waals surface area (Å²) in [4.78, 5) is 41.7. The van der Waals surface area contributed by atoms with Crippen LogP contribution in [0.3, 0.4) is 0 Å². The Kier molecular flexibility index (Phi) is 8.67. The lowest BCUT2D eigenvalue weighted by Gasteiger charge is -2.43. The van der Waals surface area contributed by atoms with Crippen LogP contribution in [0, 0.1) is 13.8 Å². The number of carbonyl (C=O) groups excluding carboxylic acids is 3. The third-order valence-electron chi connectivity index (χ3n) is 6.22. The van der Waals surface area contributed by atoms with Crippen molar-refractivity contribution < 1.29 is 19.1 Å². The van der Waals surface area contributed by atoms with Gasteiger partial charge in [0.05, 0.1) is 10.7 Å². The number of nitrogens with zero attached hydrogens (tertiary/aromatic N) is 1. The van der Waals surface area contributed by atoms with Crippen LogP contribution in [0.25, 0.3) is 0 Å². The van der Waals surface area contributed by atoms with Crippen LogP contribution >= 0.6 is 11.6 Å². The minimum absolute atomic E-state index is 0.121. The zero-order valence-corrected chi connectivity index (χ0v) is 22.6. The molecular weight excluding hydrogens is 478 g/mol. The van der Waals surface area contributed by atoms with E-state index in [0.717, 1.165) is 30.4 Å². The molecule has 2 aromatic rings. The van der Waals surface area contributed by atoms with Crippen molar-refractivity contribution in [3.63, 3.8) is 0 Å². The lowest BCUT2D eigenvalue weighted by atomic mass is 9.88. The van der Waals surface area contributed by atoms with Crippen LogP contribution in [0.4, 0.5) is 10.5 Å². The number of aryl methyl sites for hydroxylation is 2. The van der Waals surface area contributed by atoms with E-state index in [4.69, 9.17) is 16.3 Å². The lowest BCUT2D eigenvalue weighted by molar-refractivity contribution is -0.145. The van der Waals surface area contributed by atoms with Crippen LogP contribution in [0.1, 0.15) is 69.7 Å². The fourth-order valence-electron chi connectivity index (χ4n) is 4.12. The average Bonchev–Trinajstić information content (AvgIpc) is 2.74. The quantitative estimate of drug-likeness (QED) is 0.480. The van der Waals surface area contributed by atoms with Crippen molar-refractivity contribution in [2.45, 2.75) is 84.5 Å². The molecule has 3 rings (SSSR count). The van der Waals surface area contributed by atoms with Gasteiger partial charge in [-0.15, -0.1) is 0 Å². The van der Waals surface area contributed by atoms with Crippen LogP contribution in [0.5, 0.6) is 0 Å². The molecule has 1 fully saturated rings. The molecule has 2 atom stereocenters. The SMILES string of the molecule is Cc1ccc(C(C(=O)Nc2c(C)cccc2Cl)N(C(=O)C(C)NC(=O)OC(C)(C)C)C2CCC2)cc1. The summed E-state index contributed by atoms with van der Waals surface area (Å²) in [7, 11) is 0. The maximum atomic E-state index is 13.8. The van der Waals surface area contributed by atoms with E-state index in [1.54, 1.807) is 38.7 Å². The number of rotatable bonds is 7. The normalized spacial score (nSPS) is 15.3. The Hall–Kier alpha value is -3.06. The van der Waals surface area contributed by atoms with Crippen LogP contribution < -0.4 is 10.6 Å². The van der Waals surface area contributed by atoms with Gasteiger partial charge in [0.1, 0.15) is 17.7 Å². The average molecular weight is 514 g/mol. The minimum Gasteiger partial charge on any atom is -0.444 e. The first-order chi connectivity index (χ1) is 16.9. The highest BCUT2D eigenvalue weighted by Crippen LogP contribution is 2.35. The third-order valence-corrected chi connectivity index (χ3v) is 6.53. The highest BCUT2D eigenvalue weighted by molar-refractivity contribution is 6.34. The Bertz CT molecular complexity index is 1090. The number of nitrogens with one attached hydrogen (secondary N) is 2. The lowest BCUT2D eigenvalue weighted by Crippen LogP contribution is -2.56. The first-order valence-corrected chi connectivity index (χ1v) is 12.7. The van der Waals surface area contributed by atoms with Crippen molar-refractivity contribution in [3.8, 4) is 0 Å². The standard InChI is InChI=1S/C28H36ClN3O4/c1-17-13-15-20(16-14-17)24(25(33)31-23-18(2)9-7-12-22(23)29)32(21-10-8-11-21)26(34)19(3)30-27(35)36-28(4,5)6/h7,9,12-16,19,21,24H,8,10-11H2,1-6H3,(H,30,35)(H,31,33). The number of ether oxygens (including phenoxy) is 1. The fraction of sp³-hybridized carbons (Fsp3) is 0.464. The monoisotopic (exact) mass is 513 g/mol. The van der Waals surface area contributed by atoms with Gasteiger partial charge in [-0.05, 0) is 78.0 Å². The first-order valence-electron chi connectivity index (χ1n) is 12.3. The molecule has 3 amide bonds. The van der Waals surface area contributed by atoms with Crippen molar-refractivity contribution in [1.29, 1.82) is 0 Å². The third kappa shape index (κ3) is 6.78. The summed E-state index contributed by atoms with van der Waals surface area (Å²) in [6.45, 7) is 10.7. The van der Waals surface area contributed by atoms with Crippen LogP contribution in [0.15, 0.2) is 42.5 Å². The molecule has 0 bridgehead atoms. The highest BCUT2D eigenvalue weighted by atomic mass is 35.5. The molecule has 1 aliphatic rings. The van der Waals surface area contributed by atoms with Crippen LogP contribution in [-0.4, -0.2) is 40.5 Å². The van der Waals surface area contributed by atoms with Crippen LogP contribution in [0.2, 0.25) is 5.02 Å². The van der Waals surface area contributed by atoms with Gasteiger partial charge in [0.25, 0.3) is 5.91 Å². The Balaban J connectivity index is 1.97. The van der Waals surface area contributed by atoms with E-state index >= 15 is 0 Å². The van der Waals surface area contributed by atoms with E-state index in [1.165, 1.54) is 0 Å². The molecule has 8 heteroatoms. The Morgan fingerprint density at radius 1 is 1.06 bits per heavy atom. The summed E-state index contributed by atoms with van der Waals surface area (Å²) in [5.41, 5.74) is 2.37. The van der Waals surface area contributed by atoms with E-state index in [1.807, 2.05) is 50.2 Å². The predicted octanol–water partition coefficient (Wildman–Crippen LogP) is 5.93. The zero-order chi connectivity index (χ0) is 26.6. The Morgan fingerprint density at radius 2 is 1.69 bits per heavy atom. The van der Waals surface area contributed by atoms with E-state index in [2.05, 4.69) is 10.6 Å². The summed E-state index contributed by atoms with van der Waals surface area (Å²) < 4.78 is 5.34. The van der Waals surface area contributed by atoms with Gasteiger partial charge >= 0.3 is 6.09 Å². The molecule has 1 saturated carbocycles. The first kappa shape index (κ1) is 27.5. The zero-order valence-electron chi connectivity index (χ0n) is 21.9. The molecule has 1 aliphatic carbocycles. The summed E-state index contributed by atoms with van der Waals surface area (Å²) in [5.74, 6) is -0.707. The van der Waals surface area contributed by atoms with Gasteiger partial charge in [-0.3, -0.25) is 9.59 Å². The van der Waals surface area contributed by atoms with E-state index in [0.29, 0.717) is 16.3 Å². The Labute approximate surface area is 218 Å². The van der Waals surface area contributed by atoms with Crippen molar-refractivity contribution in [2.24, 2.45) is 0 Å². The molecule has 2 N–H and O–H groups in total. The molecule has 0 aromatic heterocycles. The van der Waals surface area contributed by atoms with Crippen molar-refractivity contribution >= 4 is 35.2 Å². The summed E-state index contributed by atoms with van der Waals surface area (Å²) in [6.07, 6.45) is 1.85. The van der Waals surface area contributed by atoms with Crippen molar-refractivity contribution in [3.05, 3.63) is 64.2 Å². The van der Waals surface area contributed by atoms with Gasteiger partial charge < -0.3 is 20.3 Å². The van der Waals surface area contributed by atoms with Gasteiger partial charge in [0.2, 0.25) is 5.91 Å². The number of benzene rings is 2. The smallest absolute Gasteiger partial charge is 0.408 e. The number of hydrogen-bond acceptors (Lipinski definition) is 4. The molecule has 0 spiro atoms. The minimum atomic E-state index is -0.901. The molecule has 0 aliphatic heterocycles. The second-order valence-electron chi connectivity index (χ2n) is 10.4. The van der Waals surface area contributed by atoms with E-state index in [9.17, 15) is 14.4 Å². The highest BCUT2D eigenvalue weighted by Gasteiger charge is 2.41. The van der Waals surface area contributed by atoms with Crippen molar-refractivity contribution in [1.82, 2.24) is 10.2 Å². The molecule has 7 nitrogen and oxygen atoms in total. The maximum Gasteiger partial charge on any atom is 0.408 e. The van der Waals surface area contributed by atoms with Gasteiger partial charge in [-0.1, -0.05) is 53.6 Å². The summed E-state index contributed by atoms with van der Waals surface area (Å²) in [6, 6.07) is 11.1. The molecule has 194 valence electrons. The second-order valence-corrected chi connectivity index (χ2v) is 10.8. The summed E-state index contributed by atoms with van der Waals surface area (Å²) >= 11 is 6.39. The number of amides is 3. The maximum absolute atomic E-state index is 13.8. The van der Waals surface area contributed by atoms with Gasteiger partial charge in [-0.25, -0.2) is 4.79 Å². The Morgan fingerprint density at radius 3 is 2.22 bits per heavy atom. The molecule has 0 saturated heterocycles. The van der Waals surface area contributed by atoms with Gasteiger partial charge in [0.15, 0.2) is 0 Å². The van der Waals surface area contributed by atoms with Gasteiger partial charge in [-0.2, -0.15) is 0 Å². The molecule has 2 aromatic carbocycles. The van der Waals surface area contributed by atoms with E-state index < -0.39 is 23.8 Å². The number of alkyl carbamates (subject to hydrolysis) is 1. The number of halogens is 1. The summed E-state index contributed by atoms with van der Waals surface area (Å²) in [5, 5.41) is 6.02. The molecule has 0 radical (unpaired) electrons. The van der Waals surface area contributed by atoms with E-state index in [-0.39, 0.29) is 17.9 Å². The fourth-order valence-corrected chi connectivity index (χ4v) is 4.39. The van der Waals surface area contributed by atoms with Crippen molar-refractivity contribution in [2.75, 3.05) is 5.32 Å². The van der Waals surface area contributed by atoms with Crippen LogP contribution in [-0.2, 0) is 14.3 Å². The molecule has 0 heterocycles. The molecule has 36 heavy (non-hydrogen) atoms.